The first-order valence-electron chi connectivity index (χ1n) is 11.3. The molecule has 0 aliphatic rings. The Kier molecular flexibility index (Phi) is 8.51. The fourth-order valence-corrected chi connectivity index (χ4v) is 4.65. The molecule has 0 fully saturated rings. The van der Waals surface area contributed by atoms with Gasteiger partial charge >= 0.3 is 0 Å². The van der Waals surface area contributed by atoms with Crippen LogP contribution >= 0.6 is 0 Å². The van der Waals surface area contributed by atoms with Crippen LogP contribution in [0.3, 0.4) is 0 Å². The Labute approximate surface area is 206 Å². The molecular weight excluding hydrogens is 467 g/mol. The van der Waals surface area contributed by atoms with Gasteiger partial charge in [-0.1, -0.05) is 38.1 Å². The molecule has 3 rings (SSSR count). The second-order valence-electron chi connectivity index (χ2n) is 8.87. The summed E-state index contributed by atoms with van der Waals surface area (Å²) in [6, 6.07) is 19.5. The molecule has 1 atom stereocenters. The number of anilines is 1. The van der Waals surface area contributed by atoms with E-state index in [2.05, 4.69) is 19.2 Å². The van der Waals surface area contributed by atoms with Gasteiger partial charge in [0.15, 0.2) is 0 Å². The maximum atomic E-state index is 13.2. The van der Waals surface area contributed by atoms with Gasteiger partial charge < -0.3 is 10.1 Å². The summed E-state index contributed by atoms with van der Waals surface area (Å²) in [6.07, 6.45) is 1.87. The van der Waals surface area contributed by atoms with Crippen LogP contribution in [0.15, 0.2) is 72.8 Å². The second-order valence-corrected chi connectivity index (χ2v) is 10.8. The molecule has 3 aromatic carbocycles. The predicted octanol–water partition coefficient (Wildman–Crippen LogP) is 5.32. The molecule has 0 bridgehead atoms. The number of sulfonamides is 1. The van der Waals surface area contributed by atoms with Crippen molar-refractivity contribution in [3.63, 3.8) is 0 Å². The first-order valence-corrected chi connectivity index (χ1v) is 13.2. The van der Waals surface area contributed by atoms with E-state index in [1.54, 1.807) is 43.5 Å². The van der Waals surface area contributed by atoms with Gasteiger partial charge in [0.1, 0.15) is 11.6 Å². The number of rotatable bonds is 10. The topological polar surface area (TPSA) is 75.7 Å². The van der Waals surface area contributed by atoms with Crippen LogP contribution in [0.4, 0.5) is 10.1 Å². The predicted molar refractivity (Wildman–Crippen MR) is 137 cm³/mol. The number of methoxy groups -OCH3 is 1. The molecule has 0 aliphatic carbocycles. The normalized spacial score (nSPS) is 12.3. The number of halogens is 1. The summed E-state index contributed by atoms with van der Waals surface area (Å²) in [7, 11) is -2.00. The van der Waals surface area contributed by atoms with Gasteiger partial charge in [0.25, 0.3) is 5.91 Å². The zero-order valence-electron chi connectivity index (χ0n) is 20.4. The number of nitrogens with zero attached hydrogens (tertiary/aromatic N) is 1. The molecule has 0 spiro atoms. The molecule has 0 saturated carbocycles. The zero-order valence-corrected chi connectivity index (χ0v) is 21.2. The quantitative estimate of drug-likeness (QED) is 0.411. The third kappa shape index (κ3) is 7.29. The molecule has 0 aromatic heterocycles. The van der Waals surface area contributed by atoms with Crippen molar-refractivity contribution in [3.05, 3.63) is 95.3 Å². The van der Waals surface area contributed by atoms with E-state index >= 15 is 0 Å². The highest BCUT2D eigenvalue weighted by Crippen LogP contribution is 2.25. The van der Waals surface area contributed by atoms with Crippen molar-refractivity contribution in [1.82, 2.24) is 5.32 Å². The van der Waals surface area contributed by atoms with Crippen molar-refractivity contribution in [2.75, 3.05) is 17.7 Å². The maximum Gasteiger partial charge on any atom is 0.251 e. The Morgan fingerprint density at radius 3 is 2.09 bits per heavy atom. The highest BCUT2D eigenvalue weighted by Gasteiger charge is 2.20. The van der Waals surface area contributed by atoms with Gasteiger partial charge in [-0.3, -0.25) is 9.10 Å². The Bertz CT molecular complexity index is 1230. The number of nitrogens with one attached hydrogen (secondary N) is 1. The summed E-state index contributed by atoms with van der Waals surface area (Å²) < 4.78 is 44.6. The molecule has 1 N–H and O–H groups in total. The SMILES string of the molecule is COc1ccc([C@H](CC(C)C)NC(=O)c2ccc(N(Cc3ccc(F)cc3)S(C)(=O)=O)cc2)cc1. The van der Waals surface area contributed by atoms with E-state index in [0.29, 0.717) is 22.7 Å². The third-order valence-corrected chi connectivity index (χ3v) is 6.73. The largest absolute Gasteiger partial charge is 0.497 e. The lowest BCUT2D eigenvalue weighted by Gasteiger charge is -2.23. The number of hydrogen-bond donors (Lipinski definition) is 1. The molecule has 0 heterocycles. The van der Waals surface area contributed by atoms with E-state index < -0.39 is 10.0 Å². The number of ether oxygens (including phenoxy) is 1. The number of benzene rings is 3. The first kappa shape index (κ1) is 26.2. The minimum absolute atomic E-state index is 0.0542. The van der Waals surface area contributed by atoms with Gasteiger partial charge in [0.05, 0.1) is 31.6 Å². The maximum absolute atomic E-state index is 13.2. The van der Waals surface area contributed by atoms with Crippen LogP contribution in [-0.4, -0.2) is 27.7 Å². The minimum Gasteiger partial charge on any atom is -0.497 e. The molecule has 35 heavy (non-hydrogen) atoms. The zero-order chi connectivity index (χ0) is 25.6. The molecule has 0 radical (unpaired) electrons. The van der Waals surface area contributed by atoms with Crippen LogP contribution in [0, 0.1) is 11.7 Å². The average Bonchev–Trinajstić information content (AvgIpc) is 2.82. The number of carbonyl (C=O) groups is 1. The lowest BCUT2D eigenvalue weighted by molar-refractivity contribution is 0.0932. The highest BCUT2D eigenvalue weighted by molar-refractivity contribution is 7.92. The number of carbonyl (C=O) groups excluding carboxylic acids is 1. The monoisotopic (exact) mass is 498 g/mol. The molecule has 8 heteroatoms. The third-order valence-electron chi connectivity index (χ3n) is 5.59. The summed E-state index contributed by atoms with van der Waals surface area (Å²) in [5.74, 6) is 0.470. The van der Waals surface area contributed by atoms with Crippen LogP contribution in [0.1, 0.15) is 47.8 Å². The molecule has 0 aliphatic heterocycles. The fraction of sp³-hybridized carbons (Fsp3) is 0.296. The van der Waals surface area contributed by atoms with Crippen molar-refractivity contribution in [2.45, 2.75) is 32.9 Å². The molecule has 6 nitrogen and oxygen atoms in total. The number of amides is 1. The minimum atomic E-state index is -3.60. The van der Waals surface area contributed by atoms with E-state index in [9.17, 15) is 17.6 Å². The van der Waals surface area contributed by atoms with Crippen LogP contribution in [0.5, 0.6) is 5.75 Å². The van der Waals surface area contributed by atoms with Gasteiger partial charge in [0.2, 0.25) is 10.0 Å². The summed E-state index contributed by atoms with van der Waals surface area (Å²) in [5, 5.41) is 3.10. The summed E-state index contributed by atoms with van der Waals surface area (Å²) >= 11 is 0. The van der Waals surface area contributed by atoms with Gasteiger partial charge in [-0.25, -0.2) is 12.8 Å². The van der Waals surface area contributed by atoms with Crippen molar-refractivity contribution in [2.24, 2.45) is 5.92 Å². The molecule has 0 saturated heterocycles. The lowest BCUT2D eigenvalue weighted by atomic mass is 9.96. The van der Waals surface area contributed by atoms with Crippen LogP contribution < -0.4 is 14.4 Å². The molecule has 186 valence electrons. The van der Waals surface area contributed by atoms with Gasteiger partial charge in [-0.15, -0.1) is 0 Å². The van der Waals surface area contributed by atoms with E-state index in [-0.39, 0.29) is 24.3 Å². The van der Waals surface area contributed by atoms with Crippen molar-refractivity contribution in [1.29, 1.82) is 0 Å². The van der Waals surface area contributed by atoms with Crippen LogP contribution in [0.2, 0.25) is 0 Å². The van der Waals surface area contributed by atoms with Crippen molar-refractivity contribution < 1.29 is 22.3 Å². The van der Waals surface area contributed by atoms with E-state index in [4.69, 9.17) is 4.74 Å². The Balaban J connectivity index is 1.79. The van der Waals surface area contributed by atoms with E-state index in [0.717, 1.165) is 24.0 Å². The van der Waals surface area contributed by atoms with Gasteiger partial charge in [-0.05, 0) is 72.0 Å². The van der Waals surface area contributed by atoms with Gasteiger partial charge in [-0.2, -0.15) is 0 Å². The first-order chi connectivity index (χ1) is 16.6. The molecule has 0 unspecified atom stereocenters. The van der Waals surface area contributed by atoms with Gasteiger partial charge in [0, 0.05) is 5.56 Å². The number of hydrogen-bond acceptors (Lipinski definition) is 4. The lowest BCUT2D eigenvalue weighted by Crippen LogP contribution is -2.30. The molecule has 1 amide bonds. The average molecular weight is 499 g/mol. The second kappa shape index (κ2) is 11.4. The smallest absolute Gasteiger partial charge is 0.251 e. The van der Waals surface area contributed by atoms with E-state index in [1.165, 1.54) is 16.4 Å². The summed E-state index contributed by atoms with van der Waals surface area (Å²) in [5.41, 5.74) is 2.47. The fourth-order valence-electron chi connectivity index (χ4n) is 3.76. The molecular formula is C27H31FN2O4S. The van der Waals surface area contributed by atoms with Crippen molar-refractivity contribution in [3.8, 4) is 5.75 Å². The standard InChI is InChI=1S/C27H31FN2O4S/c1-19(2)17-26(21-9-15-25(34-3)16-10-21)29-27(31)22-7-13-24(14-8-22)30(35(4,32)33)18-20-5-11-23(28)12-6-20/h5-16,19,26H,17-18H2,1-4H3,(H,29,31)/t26-/m0/s1. The Hall–Kier alpha value is -3.39. The van der Waals surface area contributed by atoms with Crippen LogP contribution in [0.25, 0.3) is 0 Å². The Morgan fingerprint density at radius 1 is 0.971 bits per heavy atom. The highest BCUT2D eigenvalue weighted by atomic mass is 32.2. The van der Waals surface area contributed by atoms with E-state index in [1.807, 2.05) is 24.3 Å². The van der Waals surface area contributed by atoms with Crippen molar-refractivity contribution >= 4 is 21.6 Å². The summed E-state index contributed by atoms with van der Waals surface area (Å²) in [4.78, 5) is 13.0. The Morgan fingerprint density at radius 2 is 1.57 bits per heavy atom. The van der Waals surface area contributed by atoms with Crippen LogP contribution in [-0.2, 0) is 16.6 Å². The molecule has 3 aromatic rings. The summed E-state index contributed by atoms with van der Waals surface area (Å²) in [6.45, 7) is 4.25.